The average molecular weight is 360 g/mol. The Hall–Kier alpha value is -1.59. The van der Waals surface area contributed by atoms with E-state index in [-0.39, 0.29) is 5.91 Å². The third-order valence-corrected chi connectivity index (χ3v) is 5.75. The Labute approximate surface area is 157 Å². The van der Waals surface area contributed by atoms with Crippen LogP contribution in [0.5, 0.6) is 5.75 Å². The Morgan fingerprint density at radius 2 is 1.96 bits per heavy atom. The Morgan fingerprint density at radius 1 is 1.23 bits per heavy atom. The molecule has 26 heavy (non-hydrogen) atoms. The van der Waals surface area contributed by atoms with Crippen molar-refractivity contribution in [3.63, 3.8) is 0 Å². The van der Waals surface area contributed by atoms with Crippen molar-refractivity contribution in [1.82, 2.24) is 4.90 Å². The highest BCUT2D eigenvalue weighted by Gasteiger charge is 2.41. The Morgan fingerprint density at radius 3 is 2.62 bits per heavy atom. The van der Waals surface area contributed by atoms with Gasteiger partial charge in [-0.2, -0.15) is 0 Å². The molecule has 0 spiro atoms. The van der Waals surface area contributed by atoms with Crippen LogP contribution < -0.4 is 10.1 Å². The Kier molecular flexibility index (Phi) is 6.54. The van der Waals surface area contributed by atoms with E-state index in [4.69, 9.17) is 9.47 Å². The number of rotatable bonds is 7. The van der Waals surface area contributed by atoms with Crippen LogP contribution in [-0.2, 0) is 9.53 Å². The molecule has 144 valence electrons. The van der Waals surface area contributed by atoms with Crippen LogP contribution in [0, 0.1) is 5.92 Å². The molecule has 0 aromatic heterocycles. The standard InChI is InChI=1S/C21H32N2O3/c1-17-6-5-13-23(16-17)14-15-26-19-9-7-18(8-10-19)22-20(24)21(25-2)11-3-4-12-21/h7-10,17H,3-6,11-16H2,1-2H3,(H,22,24)/t17-/m0/s1. The monoisotopic (exact) mass is 360 g/mol. The fourth-order valence-electron chi connectivity index (χ4n) is 4.13. The number of amides is 1. The molecule has 1 aromatic carbocycles. The zero-order chi connectivity index (χ0) is 18.4. The molecule has 0 radical (unpaired) electrons. The summed E-state index contributed by atoms with van der Waals surface area (Å²) < 4.78 is 11.4. The highest BCUT2D eigenvalue weighted by molar-refractivity contribution is 5.97. The van der Waals surface area contributed by atoms with Gasteiger partial charge in [0.15, 0.2) is 0 Å². The summed E-state index contributed by atoms with van der Waals surface area (Å²) in [6, 6.07) is 7.63. The van der Waals surface area contributed by atoms with E-state index in [0.29, 0.717) is 6.61 Å². The maximum Gasteiger partial charge on any atom is 0.256 e. The molecular formula is C21H32N2O3. The lowest BCUT2D eigenvalue weighted by molar-refractivity contribution is -0.136. The lowest BCUT2D eigenvalue weighted by Crippen LogP contribution is -2.42. The molecule has 2 aliphatic rings. The van der Waals surface area contributed by atoms with Gasteiger partial charge in [0.2, 0.25) is 0 Å². The topological polar surface area (TPSA) is 50.8 Å². The SMILES string of the molecule is COC1(C(=O)Nc2ccc(OCCN3CCC[C@H](C)C3)cc2)CCCC1. The van der Waals surface area contributed by atoms with Crippen LogP contribution in [0.3, 0.4) is 0 Å². The lowest BCUT2D eigenvalue weighted by atomic mass is 10.0. The molecule has 1 saturated heterocycles. The van der Waals surface area contributed by atoms with Gasteiger partial charge < -0.3 is 14.8 Å². The molecule has 1 atom stereocenters. The number of anilines is 1. The van der Waals surface area contributed by atoms with E-state index in [1.54, 1.807) is 7.11 Å². The number of nitrogens with zero attached hydrogens (tertiary/aromatic N) is 1. The molecule has 1 saturated carbocycles. The molecule has 5 nitrogen and oxygen atoms in total. The predicted octanol–water partition coefficient (Wildman–Crippen LogP) is 3.70. The molecule has 0 bridgehead atoms. The van der Waals surface area contributed by atoms with Crippen molar-refractivity contribution < 1.29 is 14.3 Å². The zero-order valence-electron chi connectivity index (χ0n) is 16.1. The van der Waals surface area contributed by atoms with Gasteiger partial charge in [0.1, 0.15) is 18.0 Å². The maximum absolute atomic E-state index is 12.6. The third-order valence-electron chi connectivity index (χ3n) is 5.75. The first kappa shape index (κ1) is 19.2. The van der Waals surface area contributed by atoms with Gasteiger partial charge in [0.05, 0.1) is 0 Å². The minimum absolute atomic E-state index is 0.0367. The van der Waals surface area contributed by atoms with Crippen LogP contribution in [-0.4, -0.2) is 49.8 Å². The number of benzene rings is 1. The average Bonchev–Trinajstić information content (AvgIpc) is 3.14. The number of hydrogen-bond acceptors (Lipinski definition) is 4. The van der Waals surface area contributed by atoms with Gasteiger partial charge in [-0.15, -0.1) is 0 Å². The quantitative estimate of drug-likeness (QED) is 0.806. The molecule has 0 unspecified atom stereocenters. The number of piperidine rings is 1. The summed E-state index contributed by atoms with van der Waals surface area (Å²) in [6.07, 6.45) is 6.32. The highest BCUT2D eigenvalue weighted by atomic mass is 16.5. The number of nitrogens with one attached hydrogen (secondary N) is 1. The van der Waals surface area contributed by atoms with Gasteiger partial charge >= 0.3 is 0 Å². The van der Waals surface area contributed by atoms with Crippen molar-refractivity contribution in [2.45, 2.75) is 51.0 Å². The summed E-state index contributed by atoms with van der Waals surface area (Å²) in [7, 11) is 1.63. The normalized spacial score (nSPS) is 22.9. The molecule has 1 heterocycles. The second kappa shape index (κ2) is 8.87. The van der Waals surface area contributed by atoms with Crippen LogP contribution in [0.25, 0.3) is 0 Å². The van der Waals surface area contributed by atoms with Gasteiger partial charge in [-0.1, -0.05) is 6.92 Å². The maximum atomic E-state index is 12.6. The van der Waals surface area contributed by atoms with Crippen molar-refractivity contribution in [3.8, 4) is 5.75 Å². The second-order valence-electron chi connectivity index (χ2n) is 7.78. The van der Waals surface area contributed by atoms with E-state index < -0.39 is 5.60 Å². The van der Waals surface area contributed by atoms with Crippen LogP contribution in [0.4, 0.5) is 5.69 Å². The molecular weight excluding hydrogens is 328 g/mol. The van der Waals surface area contributed by atoms with Crippen LogP contribution >= 0.6 is 0 Å². The molecule has 1 aliphatic carbocycles. The number of methoxy groups -OCH3 is 1. The van der Waals surface area contributed by atoms with Gasteiger partial charge in [0, 0.05) is 25.9 Å². The molecule has 1 aromatic rings. The van der Waals surface area contributed by atoms with Crippen LogP contribution in [0.2, 0.25) is 0 Å². The lowest BCUT2D eigenvalue weighted by Gasteiger charge is -2.30. The molecule has 1 N–H and O–H groups in total. The fourth-order valence-corrected chi connectivity index (χ4v) is 4.13. The minimum Gasteiger partial charge on any atom is -0.492 e. The van der Waals surface area contributed by atoms with Crippen LogP contribution in [0.1, 0.15) is 45.4 Å². The number of ether oxygens (including phenoxy) is 2. The predicted molar refractivity (Wildman–Crippen MR) is 104 cm³/mol. The third kappa shape index (κ3) is 4.77. The zero-order valence-corrected chi connectivity index (χ0v) is 16.1. The first-order chi connectivity index (χ1) is 12.6. The highest BCUT2D eigenvalue weighted by Crippen LogP contribution is 2.33. The largest absolute Gasteiger partial charge is 0.492 e. The van der Waals surface area contributed by atoms with Crippen molar-refractivity contribution in [2.24, 2.45) is 5.92 Å². The van der Waals surface area contributed by atoms with E-state index >= 15 is 0 Å². The Bertz CT molecular complexity index is 581. The van der Waals surface area contributed by atoms with Crippen molar-refractivity contribution >= 4 is 11.6 Å². The summed E-state index contributed by atoms with van der Waals surface area (Å²) in [5.41, 5.74) is 0.135. The fraction of sp³-hybridized carbons (Fsp3) is 0.667. The second-order valence-corrected chi connectivity index (χ2v) is 7.78. The molecule has 5 heteroatoms. The number of carbonyl (C=O) groups excluding carboxylic acids is 1. The number of hydrogen-bond donors (Lipinski definition) is 1. The van der Waals surface area contributed by atoms with E-state index in [2.05, 4.69) is 17.1 Å². The van der Waals surface area contributed by atoms with Crippen LogP contribution in [0.15, 0.2) is 24.3 Å². The van der Waals surface area contributed by atoms with Gasteiger partial charge in [-0.3, -0.25) is 9.69 Å². The van der Waals surface area contributed by atoms with Gasteiger partial charge in [0.25, 0.3) is 5.91 Å². The summed E-state index contributed by atoms with van der Waals surface area (Å²) in [5.74, 6) is 1.60. The Balaban J connectivity index is 1.45. The van der Waals surface area contributed by atoms with Crippen molar-refractivity contribution in [1.29, 1.82) is 0 Å². The molecule has 2 fully saturated rings. The smallest absolute Gasteiger partial charge is 0.256 e. The summed E-state index contributed by atoms with van der Waals surface area (Å²) in [4.78, 5) is 15.0. The number of likely N-dealkylation sites (tertiary alicyclic amines) is 1. The van der Waals surface area contributed by atoms with Crippen molar-refractivity contribution in [2.75, 3.05) is 38.7 Å². The summed E-state index contributed by atoms with van der Waals surface area (Å²) in [6.45, 7) is 6.35. The van der Waals surface area contributed by atoms with E-state index in [9.17, 15) is 4.79 Å². The minimum atomic E-state index is -0.652. The molecule has 1 aliphatic heterocycles. The number of carbonyl (C=O) groups is 1. The van der Waals surface area contributed by atoms with Crippen molar-refractivity contribution in [3.05, 3.63) is 24.3 Å². The van der Waals surface area contributed by atoms with Gasteiger partial charge in [-0.25, -0.2) is 0 Å². The van der Waals surface area contributed by atoms with E-state index in [1.807, 2.05) is 24.3 Å². The molecule has 1 amide bonds. The molecule has 3 rings (SSSR count). The van der Waals surface area contributed by atoms with E-state index in [1.165, 1.54) is 25.9 Å². The van der Waals surface area contributed by atoms with E-state index in [0.717, 1.165) is 49.6 Å². The van der Waals surface area contributed by atoms with Gasteiger partial charge in [-0.05, 0) is 75.3 Å². The summed E-state index contributed by atoms with van der Waals surface area (Å²) >= 11 is 0. The summed E-state index contributed by atoms with van der Waals surface area (Å²) in [5, 5.41) is 2.99. The first-order valence-electron chi connectivity index (χ1n) is 9.93. The first-order valence-corrected chi connectivity index (χ1v) is 9.93.